The van der Waals surface area contributed by atoms with Gasteiger partial charge in [-0.3, -0.25) is 4.79 Å². The molecular formula is C7H8N2O2S. The number of amides is 1. The number of hydrogen-bond acceptors (Lipinski definition) is 4. The molecule has 0 fully saturated rings. The second-order valence-electron chi connectivity index (χ2n) is 2.07. The summed E-state index contributed by atoms with van der Waals surface area (Å²) in [6.07, 6.45) is 2.76. The maximum atomic E-state index is 10.3. The van der Waals surface area contributed by atoms with E-state index in [2.05, 4.69) is 4.98 Å². The Hall–Kier alpha value is -1.20. The van der Waals surface area contributed by atoms with E-state index in [1.165, 1.54) is 23.5 Å². The summed E-state index contributed by atoms with van der Waals surface area (Å²) < 4.78 is 0. The van der Waals surface area contributed by atoms with Gasteiger partial charge in [0.05, 0.1) is 12.3 Å². The highest BCUT2D eigenvalue weighted by Gasteiger charge is 1.96. The van der Waals surface area contributed by atoms with Crippen LogP contribution in [-0.2, 0) is 11.4 Å². The van der Waals surface area contributed by atoms with Crippen LogP contribution in [-0.4, -0.2) is 16.0 Å². The highest BCUT2D eigenvalue weighted by atomic mass is 32.1. The minimum Gasteiger partial charge on any atom is -0.390 e. The number of aliphatic hydroxyl groups excluding tert-OH is 1. The predicted molar refractivity (Wildman–Crippen MR) is 46.3 cm³/mol. The summed E-state index contributed by atoms with van der Waals surface area (Å²) in [7, 11) is 0. The molecule has 0 radical (unpaired) electrons. The summed E-state index contributed by atoms with van der Waals surface area (Å²) in [6, 6.07) is 0. The van der Waals surface area contributed by atoms with Gasteiger partial charge in [-0.2, -0.15) is 0 Å². The van der Waals surface area contributed by atoms with Crippen LogP contribution in [0, 0.1) is 0 Å². The molecule has 0 saturated carbocycles. The van der Waals surface area contributed by atoms with E-state index >= 15 is 0 Å². The molecular weight excluding hydrogens is 176 g/mol. The lowest BCUT2D eigenvalue weighted by molar-refractivity contribution is -0.113. The average Bonchev–Trinajstić information content (AvgIpc) is 2.48. The summed E-state index contributed by atoms with van der Waals surface area (Å²) in [6.45, 7) is -0.0824. The van der Waals surface area contributed by atoms with E-state index in [1.807, 2.05) is 0 Å². The molecule has 4 nitrogen and oxygen atoms in total. The molecule has 0 aliphatic heterocycles. The molecule has 0 aliphatic carbocycles. The van der Waals surface area contributed by atoms with Crippen LogP contribution >= 0.6 is 11.3 Å². The van der Waals surface area contributed by atoms with Crippen molar-refractivity contribution in [1.82, 2.24) is 4.98 Å². The molecule has 0 aliphatic rings. The van der Waals surface area contributed by atoms with Crippen LogP contribution in [0.2, 0.25) is 0 Å². The average molecular weight is 184 g/mol. The van der Waals surface area contributed by atoms with Gasteiger partial charge in [-0.05, 0) is 6.08 Å². The van der Waals surface area contributed by atoms with Gasteiger partial charge in [-0.1, -0.05) is 0 Å². The molecule has 0 atom stereocenters. The Bertz CT molecular complexity index is 306. The van der Waals surface area contributed by atoms with E-state index in [9.17, 15) is 4.79 Å². The SMILES string of the molecule is NC(=O)C=Cc1nc(CO)cs1. The fraction of sp³-hybridized carbons (Fsp3) is 0.143. The zero-order valence-electron chi connectivity index (χ0n) is 6.23. The Morgan fingerprint density at radius 2 is 2.58 bits per heavy atom. The first kappa shape index (κ1) is 8.89. The summed E-state index contributed by atoms with van der Waals surface area (Å²) >= 11 is 1.35. The van der Waals surface area contributed by atoms with Gasteiger partial charge in [0.15, 0.2) is 0 Å². The second kappa shape index (κ2) is 3.99. The summed E-state index contributed by atoms with van der Waals surface area (Å²) in [5, 5.41) is 11.0. The molecule has 1 rings (SSSR count). The highest BCUT2D eigenvalue weighted by Crippen LogP contribution is 2.10. The molecule has 5 heteroatoms. The van der Waals surface area contributed by atoms with Crippen molar-refractivity contribution in [3.63, 3.8) is 0 Å². The molecule has 0 aromatic carbocycles. The van der Waals surface area contributed by atoms with Crippen molar-refractivity contribution in [2.24, 2.45) is 5.73 Å². The fourth-order valence-electron chi connectivity index (χ4n) is 0.625. The molecule has 1 amide bonds. The van der Waals surface area contributed by atoms with E-state index in [-0.39, 0.29) is 6.61 Å². The number of aromatic nitrogens is 1. The van der Waals surface area contributed by atoms with Gasteiger partial charge in [0.25, 0.3) is 0 Å². The first-order chi connectivity index (χ1) is 5.72. The molecule has 1 aromatic heterocycles. The van der Waals surface area contributed by atoms with Gasteiger partial charge in [0.2, 0.25) is 5.91 Å². The number of hydrogen-bond donors (Lipinski definition) is 2. The Kier molecular flexibility index (Phi) is 2.95. The molecule has 1 heterocycles. The maximum absolute atomic E-state index is 10.3. The van der Waals surface area contributed by atoms with Crippen LogP contribution in [0.5, 0.6) is 0 Å². The van der Waals surface area contributed by atoms with Crippen molar-refractivity contribution in [3.05, 3.63) is 22.2 Å². The van der Waals surface area contributed by atoms with E-state index in [0.717, 1.165) is 0 Å². The van der Waals surface area contributed by atoms with E-state index in [0.29, 0.717) is 10.7 Å². The minimum absolute atomic E-state index is 0.0824. The molecule has 0 bridgehead atoms. The number of aliphatic hydroxyl groups is 1. The summed E-state index contributed by atoms with van der Waals surface area (Å²) in [5.74, 6) is -0.504. The monoisotopic (exact) mass is 184 g/mol. The van der Waals surface area contributed by atoms with Gasteiger partial charge >= 0.3 is 0 Å². The van der Waals surface area contributed by atoms with E-state index < -0.39 is 5.91 Å². The molecule has 0 spiro atoms. The van der Waals surface area contributed by atoms with Gasteiger partial charge in [-0.25, -0.2) is 4.98 Å². The zero-order chi connectivity index (χ0) is 8.97. The van der Waals surface area contributed by atoms with E-state index in [1.54, 1.807) is 5.38 Å². The van der Waals surface area contributed by atoms with E-state index in [4.69, 9.17) is 10.8 Å². The Morgan fingerprint density at radius 1 is 1.83 bits per heavy atom. The third kappa shape index (κ3) is 2.44. The van der Waals surface area contributed by atoms with Crippen LogP contribution < -0.4 is 5.73 Å². The zero-order valence-corrected chi connectivity index (χ0v) is 7.04. The van der Waals surface area contributed by atoms with Crippen molar-refractivity contribution in [2.45, 2.75) is 6.61 Å². The van der Waals surface area contributed by atoms with Gasteiger partial charge in [0.1, 0.15) is 5.01 Å². The lowest BCUT2D eigenvalue weighted by atomic mass is 10.5. The maximum Gasteiger partial charge on any atom is 0.241 e. The molecule has 0 saturated heterocycles. The molecule has 1 aromatic rings. The second-order valence-corrected chi connectivity index (χ2v) is 2.96. The van der Waals surface area contributed by atoms with Crippen molar-refractivity contribution < 1.29 is 9.90 Å². The van der Waals surface area contributed by atoms with Crippen LogP contribution in [0.15, 0.2) is 11.5 Å². The first-order valence-corrected chi connectivity index (χ1v) is 4.13. The first-order valence-electron chi connectivity index (χ1n) is 3.25. The topological polar surface area (TPSA) is 76.2 Å². The third-order valence-electron chi connectivity index (χ3n) is 1.12. The van der Waals surface area contributed by atoms with Gasteiger partial charge < -0.3 is 10.8 Å². The van der Waals surface area contributed by atoms with Crippen molar-refractivity contribution in [1.29, 1.82) is 0 Å². The molecule has 0 unspecified atom stereocenters. The van der Waals surface area contributed by atoms with Crippen LogP contribution in [0.25, 0.3) is 6.08 Å². The number of nitrogens with zero attached hydrogens (tertiary/aromatic N) is 1. The Balaban J connectivity index is 2.70. The molecule has 64 valence electrons. The fourth-order valence-corrected chi connectivity index (χ4v) is 1.33. The van der Waals surface area contributed by atoms with Crippen molar-refractivity contribution in [3.8, 4) is 0 Å². The number of rotatable bonds is 3. The summed E-state index contributed by atoms with van der Waals surface area (Å²) in [4.78, 5) is 14.3. The van der Waals surface area contributed by atoms with Gasteiger partial charge in [0, 0.05) is 11.5 Å². The van der Waals surface area contributed by atoms with Gasteiger partial charge in [-0.15, -0.1) is 11.3 Å². The molecule has 12 heavy (non-hydrogen) atoms. The lowest BCUT2D eigenvalue weighted by Gasteiger charge is -1.82. The lowest BCUT2D eigenvalue weighted by Crippen LogP contribution is -2.04. The Morgan fingerprint density at radius 3 is 3.08 bits per heavy atom. The number of primary amides is 1. The van der Waals surface area contributed by atoms with Crippen molar-refractivity contribution in [2.75, 3.05) is 0 Å². The van der Waals surface area contributed by atoms with Crippen LogP contribution in [0.3, 0.4) is 0 Å². The third-order valence-corrected chi connectivity index (χ3v) is 1.98. The summed E-state index contributed by atoms with van der Waals surface area (Å²) in [5.41, 5.74) is 5.48. The number of carbonyl (C=O) groups excluding carboxylic acids is 1. The number of nitrogens with two attached hydrogens (primary N) is 1. The highest BCUT2D eigenvalue weighted by molar-refractivity contribution is 7.10. The minimum atomic E-state index is -0.504. The van der Waals surface area contributed by atoms with Crippen LogP contribution in [0.4, 0.5) is 0 Å². The quantitative estimate of drug-likeness (QED) is 0.656. The number of carbonyl (C=O) groups is 1. The van der Waals surface area contributed by atoms with Crippen LogP contribution in [0.1, 0.15) is 10.7 Å². The molecule has 3 N–H and O–H groups in total. The normalized spacial score (nSPS) is 10.8. The van der Waals surface area contributed by atoms with Crippen molar-refractivity contribution >= 4 is 23.3 Å². The predicted octanol–water partition coefficient (Wildman–Crippen LogP) is 0.134. The Labute approximate surface area is 73.4 Å². The number of thiazole rings is 1. The standard InChI is InChI=1S/C7H8N2O2S/c8-6(11)1-2-7-9-5(3-10)4-12-7/h1-2,4,10H,3H2,(H2,8,11). The smallest absolute Gasteiger partial charge is 0.241 e. The largest absolute Gasteiger partial charge is 0.390 e.